The van der Waals surface area contributed by atoms with Gasteiger partial charge < -0.3 is 4.90 Å². The molecule has 0 bridgehead atoms. The molecule has 4 aromatic carbocycles. The van der Waals surface area contributed by atoms with E-state index >= 15 is 0 Å². The van der Waals surface area contributed by atoms with E-state index in [-0.39, 0.29) is 12.8 Å². The van der Waals surface area contributed by atoms with Gasteiger partial charge in [-0.15, -0.1) is 0 Å². The summed E-state index contributed by atoms with van der Waals surface area (Å²) in [5.41, 5.74) is 13.3. The van der Waals surface area contributed by atoms with Gasteiger partial charge in [0.2, 0.25) is 6.71 Å². The van der Waals surface area contributed by atoms with Gasteiger partial charge in [0.15, 0.2) is 0 Å². The van der Waals surface area contributed by atoms with Crippen molar-refractivity contribution in [1.82, 2.24) is 9.78 Å². The van der Waals surface area contributed by atoms with Crippen molar-refractivity contribution in [3.63, 3.8) is 0 Å². The van der Waals surface area contributed by atoms with Crippen molar-refractivity contribution >= 4 is 40.3 Å². The Morgan fingerprint density at radius 1 is 0.717 bits per heavy atom. The number of anilines is 2. The molecule has 5 nitrogen and oxygen atoms in total. The summed E-state index contributed by atoms with van der Waals surface area (Å²) in [5, 5.41) is 12.2. The summed E-state index contributed by atoms with van der Waals surface area (Å²) >= 11 is 0. The predicted molar refractivity (Wildman–Crippen MR) is 195 cm³/mol. The molecule has 0 saturated heterocycles. The van der Waals surface area contributed by atoms with E-state index in [1.54, 1.807) is 0 Å². The Kier molecular flexibility index (Phi) is 7.96. The molecule has 1 atom stereocenters. The Bertz CT molecular complexity index is 1960. The number of nitrogens with zero attached hydrogens (tertiary/aromatic N) is 5. The molecular weight excluding hydrogens is 561 g/mol. The Hall–Kier alpha value is -5.10. The third-order valence-corrected chi connectivity index (χ3v) is 9.24. The molecule has 0 fully saturated rings. The number of para-hydroxylation sites is 1. The van der Waals surface area contributed by atoms with Gasteiger partial charge in [0.25, 0.3) is 0 Å². The maximum Gasteiger partial charge on any atom is 0.242 e. The van der Waals surface area contributed by atoms with Crippen molar-refractivity contribution in [1.29, 1.82) is 0 Å². The normalized spacial score (nSPS) is 15.8. The van der Waals surface area contributed by atoms with Crippen LogP contribution in [0.2, 0.25) is 0 Å². The first kappa shape index (κ1) is 29.6. The van der Waals surface area contributed by atoms with Crippen LogP contribution in [0.25, 0.3) is 11.3 Å². The van der Waals surface area contributed by atoms with Crippen LogP contribution in [-0.4, -0.2) is 29.0 Å². The average molecular weight is 602 g/mol. The lowest BCUT2D eigenvalue weighted by molar-refractivity contribution is 0.529. The fourth-order valence-corrected chi connectivity index (χ4v) is 7.14. The Morgan fingerprint density at radius 2 is 1.43 bits per heavy atom. The number of allylic oxidation sites excluding steroid dienone is 4. The van der Waals surface area contributed by atoms with Gasteiger partial charge in [0.1, 0.15) is 12.5 Å². The summed E-state index contributed by atoms with van der Waals surface area (Å²) in [4.78, 5) is 2.25. The van der Waals surface area contributed by atoms with Crippen LogP contribution in [0.1, 0.15) is 41.8 Å². The fourth-order valence-electron chi connectivity index (χ4n) is 7.14. The smallest absolute Gasteiger partial charge is 0.242 e. The zero-order valence-electron chi connectivity index (χ0n) is 27.4. The SMILES string of the molecule is CC1=NN(c2cccc(B(c3cccc(-c4cc(C)n([C@@H]5C=CC=CC5)n4)c3)c3c(C)cc(C)cc3C)c2)CN1c1ccccc1. The molecule has 0 N–H and O–H groups in total. The number of hydrogen-bond donors (Lipinski definition) is 0. The van der Waals surface area contributed by atoms with Gasteiger partial charge in [0, 0.05) is 16.9 Å². The highest BCUT2D eigenvalue weighted by molar-refractivity contribution is 6.96. The summed E-state index contributed by atoms with van der Waals surface area (Å²) in [6, 6.07) is 35.5. The van der Waals surface area contributed by atoms with Crippen LogP contribution >= 0.6 is 0 Å². The molecule has 2 heterocycles. The molecule has 2 aliphatic rings. The third-order valence-electron chi connectivity index (χ3n) is 9.24. The second kappa shape index (κ2) is 12.4. The zero-order chi connectivity index (χ0) is 31.8. The van der Waals surface area contributed by atoms with Crippen LogP contribution in [0.5, 0.6) is 0 Å². The summed E-state index contributed by atoms with van der Waals surface area (Å²) in [6.07, 6.45) is 9.64. The van der Waals surface area contributed by atoms with E-state index in [1.165, 1.54) is 38.8 Å². The van der Waals surface area contributed by atoms with Crippen LogP contribution in [0, 0.1) is 27.7 Å². The number of hydrogen-bond acceptors (Lipinski definition) is 4. The largest absolute Gasteiger partial charge is 0.308 e. The minimum atomic E-state index is 0.0491. The van der Waals surface area contributed by atoms with Gasteiger partial charge >= 0.3 is 0 Å². The van der Waals surface area contributed by atoms with E-state index in [1.807, 2.05) is 0 Å². The fraction of sp³-hybridized carbons (Fsp3) is 0.200. The first-order valence-corrected chi connectivity index (χ1v) is 16.2. The molecule has 6 heteroatoms. The Morgan fingerprint density at radius 3 is 2.17 bits per heavy atom. The Labute approximate surface area is 273 Å². The molecule has 0 radical (unpaired) electrons. The average Bonchev–Trinajstić information content (AvgIpc) is 3.66. The van der Waals surface area contributed by atoms with Crippen molar-refractivity contribution in [2.24, 2.45) is 5.10 Å². The molecule has 1 aromatic heterocycles. The quantitative estimate of drug-likeness (QED) is 0.189. The van der Waals surface area contributed by atoms with Gasteiger partial charge in [-0.05, 0) is 71.4 Å². The van der Waals surface area contributed by atoms with E-state index in [4.69, 9.17) is 10.2 Å². The number of rotatable bonds is 7. The van der Waals surface area contributed by atoms with Crippen molar-refractivity contribution in [2.45, 2.75) is 47.1 Å². The van der Waals surface area contributed by atoms with Gasteiger partial charge in [0.05, 0.1) is 17.4 Å². The maximum absolute atomic E-state index is 5.11. The molecule has 0 spiro atoms. The number of benzene rings is 4. The van der Waals surface area contributed by atoms with Crippen molar-refractivity contribution in [3.05, 3.63) is 144 Å². The highest BCUT2D eigenvalue weighted by Crippen LogP contribution is 2.26. The minimum Gasteiger partial charge on any atom is -0.308 e. The molecule has 0 saturated carbocycles. The van der Waals surface area contributed by atoms with Crippen LogP contribution in [0.4, 0.5) is 11.4 Å². The van der Waals surface area contributed by atoms with Gasteiger partial charge in [-0.2, -0.15) is 10.2 Å². The van der Waals surface area contributed by atoms with Crippen LogP contribution < -0.4 is 26.3 Å². The van der Waals surface area contributed by atoms with E-state index in [2.05, 4.69) is 171 Å². The molecule has 0 amide bonds. The van der Waals surface area contributed by atoms with Crippen molar-refractivity contribution < 1.29 is 0 Å². The molecule has 5 aromatic rings. The van der Waals surface area contributed by atoms with E-state index in [0.29, 0.717) is 6.67 Å². The topological polar surface area (TPSA) is 36.7 Å². The number of amidine groups is 1. The monoisotopic (exact) mass is 601 g/mol. The minimum absolute atomic E-state index is 0.0491. The van der Waals surface area contributed by atoms with E-state index in [9.17, 15) is 0 Å². The lowest BCUT2D eigenvalue weighted by Gasteiger charge is -2.24. The number of aryl methyl sites for hydroxylation is 4. The van der Waals surface area contributed by atoms with Crippen LogP contribution in [0.15, 0.2) is 126 Å². The van der Waals surface area contributed by atoms with Crippen molar-refractivity contribution in [3.8, 4) is 11.3 Å². The summed E-state index contributed by atoms with van der Waals surface area (Å²) in [6.45, 7) is 11.6. The third kappa shape index (κ3) is 5.71. The number of hydrazone groups is 1. The van der Waals surface area contributed by atoms with Gasteiger partial charge in [-0.3, -0.25) is 4.68 Å². The van der Waals surface area contributed by atoms with Crippen LogP contribution in [0.3, 0.4) is 0 Å². The molecule has 0 unspecified atom stereocenters. The molecule has 46 heavy (non-hydrogen) atoms. The summed E-state index contributed by atoms with van der Waals surface area (Å²) in [5.74, 6) is 0.987. The highest BCUT2D eigenvalue weighted by Gasteiger charge is 2.28. The van der Waals surface area contributed by atoms with Crippen molar-refractivity contribution in [2.75, 3.05) is 16.6 Å². The second-order valence-corrected chi connectivity index (χ2v) is 12.6. The molecule has 228 valence electrons. The standard InChI is InChI=1S/C40H40BN5/c1-28-22-29(2)40(30(3)23-28)41(34-15-12-14-33(25-34)39-24-31(4)46(43-39)37-19-10-7-11-20-37)35-16-13-21-38(26-35)45-27-44(32(5)42-45)36-17-8-6-9-18-36/h6-19,21-26,37H,20,27H2,1-5H3/t37-/m1/s1. The van der Waals surface area contributed by atoms with Gasteiger partial charge in [-0.25, -0.2) is 5.01 Å². The highest BCUT2D eigenvalue weighted by atomic mass is 15.6. The van der Waals surface area contributed by atoms with Gasteiger partial charge in [-0.1, -0.05) is 124 Å². The maximum atomic E-state index is 5.11. The lowest BCUT2D eigenvalue weighted by atomic mass is 9.35. The van der Waals surface area contributed by atoms with Crippen LogP contribution in [-0.2, 0) is 0 Å². The van der Waals surface area contributed by atoms with E-state index < -0.39 is 0 Å². The molecule has 1 aliphatic heterocycles. The summed E-state index contributed by atoms with van der Waals surface area (Å²) < 4.78 is 2.16. The molecule has 1 aliphatic carbocycles. The zero-order valence-corrected chi connectivity index (χ0v) is 27.4. The Balaban J connectivity index is 1.29. The first-order chi connectivity index (χ1) is 22.4. The molecular formula is C40H40BN5. The van der Waals surface area contributed by atoms with E-state index in [0.717, 1.165) is 34.9 Å². The first-order valence-electron chi connectivity index (χ1n) is 16.2. The number of aromatic nitrogens is 2. The second-order valence-electron chi connectivity index (χ2n) is 12.6. The lowest BCUT2D eigenvalue weighted by Crippen LogP contribution is -2.54. The molecule has 7 rings (SSSR count). The summed E-state index contributed by atoms with van der Waals surface area (Å²) in [7, 11) is 0. The predicted octanol–water partition coefficient (Wildman–Crippen LogP) is 6.97.